The third-order valence-corrected chi connectivity index (χ3v) is 4.06. The van der Waals surface area contributed by atoms with E-state index in [4.69, 9.17) is 5.73 Å². The Hall–Kier alpha value is -2.21. The number of nitrogens with one attached hydrogen (secondary N) is 2. The predicted octanol–water partition coefficient (Wildman–Crippen LogP) is -0.364. The third kappa shape index (κ3) is 4.39. The van der Waals surface area contributed by atoms with E-state index < -0.39 is 10.0 Å². The van der Waals surface area contributed by atoms with Crippen LogP contribution in [0.2, 0.25) is 0 Å². The highest BCUT2D eigenvalue weighted by Gasteiger charge is 2.13. The topological polar surface area (TPSA) is 114 Å². The van der Waals surface area contributed by atoms with Crippen LogP contribution in [0.5, 0.6) is 0 Å². The zero-order chi connectivity index (χ0) is 15.1. The highest BCUT2D eigenvalue weighted by Crippen LogP contribution is 2.10. The van der Waals surface area contributed by atoms with Gasteiger partial charge in [0, 0.05) is 18.5 Å². The van der Waals surface area contributed by atoms with Crippen LogP contribution in [-0.4, -0.2) is 36.7 Å². The molecule has 0 amide bonds. The van der Waals surface area contributed by atoms with Crippen LogP contribution in [-0.2, 0) is 16.4 Å². The average molecular weight is 305 g/mol. The number of H-pyrrole nitrogens is 1. The molecule has 0 aliphatic rings. The second-order valence-electron chi connectivity index (χ2n) is 4.11. The van der Waals surface area contributed by atoms with Gasteiger partial charge in [-0.05, 0) is 18.2 Å². The number of sulfonamides is 1. The third-order valence-electron chi connectivity index (χ3n) is 2.60. The van der Waals surface area contributed by atoms with Gasteiger partial charge in [-0.1, -0.05) is 17.9 Å². The van der Waals surface area contributed by atoms with Gasteiger partial charge in [0.2, 0.25) is 10.0 Å². The molecule has 0 radical (unpaired) electrons. The van der Waals surface area contributed by atoms with Crippen LogP contribution in [0.3, 0.4) is 0 Å². The molecule has 0 atom stereocenters. The number of benzene rings is 1. The summed E-state index contributed by atoms with van der Waals surface area (Å²) in [7, 11) is -3.57. The van der Waals surface area contributed by atoms with E-state index in [9.17, 15) is 8.42 Å². The van der Waals surface area contributed by atoms with E-state index >= 15 is 0 Å². The number of aromatic amines is 1. The van der Waals surface area contributed by atoms with Crippen molar-refractivity contribution in [1.29, 1.82) is 0 Å². The second-order valence-corrected chi connectivity index (χ2v) is 5.88. The maximum Gasteiger partial charge on any atom is 0.240 e. The molecule has 1 heterocycles. The summed E-state index contributed by atoms with van der Waals surface area (Å²) >= 11 is 0. The summed E-state index contributed by atoms with van der Waals surface area (Å²) in [4.78, 5) is 4.10. The van der Waals surface area contributed by atoms with Crippen molar-refractivity contribution in [3.05, 3.63) is 42.0 Å². The smallest absolute Gasteiger partial charge is 0.240 e. The average Bonchev–Trinajstić information content (AvgIpc) is 2.98. The van der Waals surface area contributed by atoms with Crippen molar-refractivity contribution in [3.63, 3.8) is 0 Å². The molecule has 8 heteroatoms. The van der Waals surface area contributed by atoms with Gasteiger partial charge in [-0.2, -0.15) is 5.10 Å². The zero-order valence-corrected chi connectivity index (χ0v) is 12.0. The summed E-state index contributed by atoms with van der Waals surface area (Å²) in [5.74, 6) is 6.12. The van der Waals surface area contributed by atoms with Crippen LogP contribution < -0.4 is 10.5 Å². The SMILES string of the molecule is NCC#Cc1cccc(S(=O)(=O)NCCc2ncn[nH]2)c1. The number of nitrogens with two attached hydrogens (primary N) is 1. The van der Waals surface area contributed by atoms with Crippen LogP contribution in [0.4, 0.5) is 0 Å². The molecule has 0 saturated heterocycles. The van der Waals surface area contributed by atoms with Gasteiger partial charge in [0.05, 0.1) is 11.4 Å². The van der Waals surface area contributed by atoms with Gasteiger partial charge >= 0.3 is 0 Å². The number of nitrogens with zero attached hydrogens (tertiary/aromatic N) is 2. The molecule has 0 fully saturated rings. The van der Waals surface area contributed by atoms with Crippen LogP contribution in [0.1, 0.15) is 11.4 Å². The molecular weight excluding hydrogens is 290 g/mol. The first-order chi connectivity index (χ1) is 10.1. The fourth-order valence-electron chi connectivity index (χ4n) is 1.63. The lowest BCUT2D eigenvalue weighted by atomic mass is 10.2. The first kappa shape index (κ1) is 15.2. The van der Waals surface area contributed by atoms with Crippen LogP contribution in [0.25, 0.3) is 0 Å². The van der Waals surface area contributed by atoms with Crippen molar-refractivity contribution < 1.29 is 8.42 Å². The lowest BCUT2D eigenvalue weighted by Crippen LogP contribution is -2.26. The standard InChI is InChI=1S/C13H15N5O2S/c14-7-2-4-11-3-1-5-12(9-11)21(19,20)17-8-6-13-15-10-16-18-13/h1,3,5,9-10,17H,6-8,14H2,(H,15,16,18). The van der Waals surface area contributed by atoms with Gasteiger partial charge in [-0.25, -0.2) is 18.1 Å². The fraction of sp³-hybridized carbons (Fsp3) is 0.231. The Bertz CT molecular complexity index is 744. The van der Waals surface area contributed by atoms with Gasteiger partial charge in [-0.15, -0.1) is 0 Å². The quantitative estimate of drug-likeness (QED) is 0.653. The molecule has 2 rings (SSSR count). The van der Waals surface area contributed by atoms with Crippen molar-refractivity contribution in [1.82, 2.24) is 19.9 Å². The zero-order valence-electron chi connectivity index (χ0n) is 11.2. The number of aromatic nitrogens is 3. The number of rotatable bonds is 5. The molecule has 1 aromatic heterocycles. The molecule has 21 heavy (non-hydrogen) atoms. The van der Waals surface area contributed by atoms with Gasteiger partial charge in [-0.3, -0.25) is 5.10 Å². The van der Waals surface area contributed by atoms with E-state index in [-0.39, 0.29) is 18.0 Å². The Labute approximate surface area is 123 Å². The molecule has 2 aromatic rings. The first-order valence-electron chi connectivity index (χ1n) is 6.25. The van der Waals surface area contributed by atoms with Crippen molar-refractivity contribution in [2.75, 3.05) is 13.1 Å². The Kier molecular flexibility index (Phi) is 5.05. The van der Waals surface area contributed by atoms with Gasteiger partial charge in [0.25, 0.3) is 0 Å². The van der Waals surface area contributed by atoms with Gasteiger partial charge in [0.1, 0.15) is 12.2 Å². The maximum atomic E-state index is 12.2. The van der Waals surface area contributed by atoms with E-state index in [2.05, 4.69) is 31.7 Å². The largest absolute Gasteiger partial charge is 0.320 e. The molecule has 0 unspecified atom stereocenters. The summed E-state index contributed by atoms with van der Waals surface area (Å²) in [6.45, 7) is 0.461. The van der Waals surface area contributed by atoms with Gasteiger partial charge < -0.3 is 5.73 Å². The second kappa shape index (κ2) is 6.99. The summed E-state index contributed by atoms with van der Waals surface area (Å²) in [6, 6.07) is 6.41. The van der Waals surface area contributed by atoms with Crippen molar-refractivity contribution in [2.24, 2.45) is 5.73 Å². The lowest BCUT2D eigenvalue weighted by Gasteiger charge is -2.06. The highest BCUT2D eigenvalue weighted by atomic mass is 32.2. The van der Waals surface area contributed by atoms with Crippen LogP contribution in [0, 0.1) is 11.8 Å². The van der Waals surface area contributed by atoms with Crippen molar-refractivity contribution >= 4 is 10.0 Å². The number of hydrogen-bond acceptors (Lipinski definition) is 5. The Morgan fingerprint density at radius 3 is 2.95 bits per heavy atom. The fourth-order valence-corrected chi connectivity index (χ4v) is 2.71. The maximum absolute atomic E-state index is 12.2. The van der Waals surface area contributed by atoms with E-state index in [1.54, 1.807) is 12.1 Å². The lowest BCUT2D eigenvalue weighted by molar-refractivity contribution is 0.581. The monoisotopic (exact) mass is 305 g/mol. The molecule has 1 aromatic carbocycles. The highest BCUT2D eigenvalue weighted by molar-refractivity contribution is 7.89. The molecule has 110 valence electrons. The van der Waals surface area contributed by atoms with E-state index in [1.165, 1.54) is 18.5 Å². The van der Waals surface area contributed by atoms with E-state index in [0.717, 1.165) is 0 Å². The summed E-state index contributed by atoms with van der Waals surface area (Å²) in [5.41, 5.74) is 5.90. The molecule has 4 N–H and O–H groups in total. The molecular formula is C13H15N5O2S. The summed E-state index contributed by atoms with van der Waals surface area (Å²) in [5, 5.41) is 6.37. The minimum atomic E-state index is -3.57. The molecule has 0 aliphatic carbocycles. The minimum Gasteiger partial charge on any atom is -0.320 e. The van der Waals surface area contributed by atoms with Crippen molar-refractivity contribution in [2.45, 2.75) is 11.3 Å². The Morgan fingerprint density at radius 1 is 1.38 bits per heavy atom. The van der Waals surface area contributed by atoms with Crippen LogP contribution in [0.15, 0.2) is 35.5 Å². The normalized spacial score (nSPS) is 10.9. The Balaban J connectivity index is 2.04. The number of hydrogen-bond donors (Lipinski definition) is 3. The molecule has 0 bridgehead atoms. The van der Waals surface area contributed by atoms with Gasteiger partial charge in [0.15, 0.2) is 0 Å². The predicted molar refractivity (Wildman–Crippen MR) is 77.6 cm³/mol. The Morgan fingerprint density at radius 2 is 2.24 bits per heavy atom. The van der Waals surface area contributed by atoms with E-state index in [1.807, 2.05) is 0 Å². The molecule has 0 aliphatic heterocycles. The van der Waals surface area contributed by atoms with Crippen LogP contribution >= 0.6 is 0 Å². The van der Waals surface area contributed by atoms with Crippen molar-refractivity contribution in [3.8, 4) is 11.8 Å². The molecule has 7 nitrogen and oxygen atoms in total. The first-order valence-corrected chi connectivity index (χ1v) is 7.73. The molecule has 0 saturated carbocycles. The van der Waals surface area contributed by atoms with E-state index in [0.29, 0.717) is 17.8 Å². The summed E-state index contributed by atoms with van der Waals surface area (Å²) in [6.07, 6.45) is 1.81. The molecule has 0 spiro atoms. The summed E-state index contributed by atoms with van der Waals surface area (Å²) < 4.78 is 26.8. The minimum absolute atomic E-state index is 0.170.